The number of aromatic carboxylic acids is 1. The standard InChI is InChI=1S/C24H24N2O4/c1-3-29-23-13-18(15-25-26-21-10-6-9-19(14-21)24(27)28)11-12-22(23)30-16-20-8-5-4-7-17(20)2/h4-15,26H,3,16H2,1-2H3,(H,27,28). The molecule has 2 N–H and O–H groups in total. The molecule has 0 amide bonds. The summed E-state index contributed by atoms with van der Waals surface area (Å²) in [7, 11) is 0. The number of nitrogens with zero attached hydrogens (tertiary/aromatic N) is 1. The number of carboxylic acid groups (broad SMARTS) is 1. The normalized spacial score (nSPS) is 10.7. The summed E-state index contributed by atoms with van der Waals surface area (Å²) in [4.78, 5) is 11.0. The highest BCUT2D eigenvalue weighted by Gasteiger charge is 2.07. The largest absolute Gasteiger partial charge is 0.490 e. The Morgan fingerprint density at radius 1 is 1.03 bits per heavy atom. The van der Waals surface area contributed by atoms with Gasteiger partial charge in [0.1, 0.15) is 6.61 Å². The molecule has 0 aliphatic carbocycles. The van der Waals surface area contributed by atoms with Crippen LogP contribution in [0.4, 0.5) is 5.69 Å². The Morgan fingerprint density at radius 2 is 1.87 bits per heavy atom. The second-order valence-corrected chi connectivity index (χ2v) is 6.61. The number of carboxylic acids is 1. The zero-order valence-electron chi connectivity index (χ0n) is 17.0. The Morgan fingerprint density at radius 3 is 2.63 bits per heavy atom. The summed E-state index contributed by atoms with van der Waals surface area (Å²) in [6, 6.07) is 20.2. The van der Waals surface area contributed by atoms with Gasteiger partial charge in [-0.15, -0.1) is 0 Å². The molecule has 0 aliphatic rings. The van der Waals surface area contributed by atoms with E-state index in [9.17, 15) is 4.79 Å². The van der Waals surface area contributed by atoms with Crippen molar-refractivity contribution in [2.75, 3.05) is 12.0 Å². The minimum Gasteiger partial charge on any atom is -0.490 e. The van der Waals surface area contributed by atoms with Crippen molar-refractivity contribution in [1.82, 2.24) is 0 Å². The van der Waals surface area contributed by atoms with Crippen molar-refractivity contribution < 1.29 is 19.4 Å². The van der Waals surface area contributed by atoms with E-state index < -0.39 is 5.97 Å². The van der Waals surface area contributed by atoms with E-state index in [1.807, 2.05) is 43.3 Å². The van der Waals surface area contributed by atoms with Gasteiger partial charge < -0.3 is 14.6 Å². The lowest BCUT2D eigenvalue weighted by molar-refractivity contribution is 0.0697. The van der Waals surface area contributed by atoms with Gasteiger partial charge in [0, 0.05) is 0 Å². The highest BCUT2D eigenvalue weighted by molar-refractivity contribution is 5.89. The maximum Gasteiger partial charge on any atom is 0.335 e. The van der Waals surface area contributed by atoms with E-state index in [1.54, 1.807) is 18.3 Å². The molecule has 6 nitrogen and oxygen atoms in total. The van der Waals surface area contributed by atoms with Gasteiger partial charge in [0.15, 0.2) is 11.5 Å². The quantitative estimate of drug-likeness (QED) is 0.382. The maximum atomic E-state index is 11.0. The first-order valence-electron chi connectivity index (χ1n) is 9.63. The Bertz CT molecular complexity index is 1050. The van der Waals surface area contributed by atoms with E-state index in [0.29, 0.717) is 30.4 Å². The third-order valence-corrected chi connectivity index (χ3v) is 4.43. The van der Waals surface area contributed by atoms with Gasteiger partial charge in [-0.2, -0.15) is 5.10 Å². The van der Waals surface area contributed by atoms with Crippen LogP contribution >= 0.6 is 0 Å². The molecule has 6 heteroatoms. The highest BCUT2D eigenvalue weighted by Crippen LogP contribution is 2.29. The number of hydrogen-bond donors (Lipinski definition) is 2. The summed E-state index contributed by atoms with van der Waals surface area (Å²) < 4.78 is 11.7. The summed E-state index contributed by atoms with van der Waals surface area (Å²) in [5.41, 5.74) is 6.76. The molecular weight excluding hydrogens is 380 g/mol. The average Bonchev–Trinajstić information content (AvgIpc) is 2.74. The molecule has 0 heterocycles. The summed E-state index contributed by atoms with van der Waals surface area (Å²) in [6.07, 6.45) is 1.64. The number of hydrazone groups is 1. The zero-order valence-corrected chi connectivity index (χ0v) is 17.0. The predicted octanol–water partition coefficient (Wildman–Crippen LogP) is 5.12. The SMILES string of the molecule is CCOc1cc(C=NNc2cccc(C(=O)O)c2)ccc1OCc1ccccc1C. The Hall–Kier alpha value is -3.80. The number of rotatable bonds is 9. The van der Waals surface area contributed by atoms with Crippen LogP contribution in [0.25, 0.3) is 0 Å². The molecule has 3 aromatic rings. The first kappa shape index (κ1) is 20.9. The van der Waals surface area contributed by atoms with Crippen LogP contribution < -0.4 is 14.9 Å². The van der Waals surface area contributed by atoms with E-state index in [2.05, 4.69) is 23.5 Å². The van der Waals surface area contributed by atoms with Crippen molar-refractivity contribution in [3.63, 3.8) is 0 Å². The van der Waals surface area contributed by atoms with Gasteiger partial charge in [-0.1, -0.05) is 30.3 Å². The second kappa shape index (κ2) is 10.1. The first-order chi connectivity index (χ1) is 14.6. The number of nitrogens with one attached hydrogen (secondary N) is 1. The minimum absolute atomic E-state index is 0.198. The predicted molar refractivity (Wildman–Crippen MR) is 118 cm³/mol. The Balaban J connectivity index is 1.69. The molecule has 0 atom stereocenters. The van der Waals surface area contributed by atoms with Crippen LogP contribution in [0.2, 0.25) is 0 Å². The molecule has 0 bridgehead atoms. The summed E-state index contributed by atoms with van der Waals surface area (Å²) in [5, 5.41) is 13.2. The third-order valence-electron chi connectivity index (χ3n) is 4.43. The van der Waals surface area contributed by atoms with Gasteiger partial charge in [-0.25, -0.2) is 4.79 Å². The van der Waals surface area contributed by atoms with Gasteiger partial charge in [-0.3, -0.25) is 5.43 Å². The molecule has 0 spiro atoms. The number of hydrogen-bond acceptors (Lipinski definition) is 5. The fourth-order valence-electron chi connectivity index (χ4n) is 2.82. The van der Waals surface area contributed by atoms with Crippen LogP contribution in [-0.4, -0.2) is 23.9 Å². The van der Waals surface area contributed by atoms with E-state index in [0.717, 1.165) is 11.1 Å². The van der Waals surface area contributed by atoms with Crippen LogP contribution in [0.5, 0.6) is 11.5 Å². The number of aryl methyl sites for hydroxylation is 1. The van der Waals surface area contributed by atoms with Crippen LogP contribution in [0.3, 0.4) is 0 Å². The average molecular weight is 404 g/mol. The number of anilines is 1. The number of ether oxygens (including phenoxy) is 2. The van der Waals surface area contributed by atoms with Crippen LogP contribution in [0.1, 0.15) is 34.0 Å². The Labute approximate surface area is 175 Å². The lowest BCUT2D eigenvalue weighted by Gasteiger charge is -2.13. The van der Waals surface area contributed by atoms with Gasteiger partial charge in [0.05, 0.1) is 24.1 Å². The van der Waals surface area contributed by atoms with E-state index in [-0.39, 0.29) is 5.56 Å². The molecule has 0 aliphatic heterocycles. The molecule has 0 saturated carbocycles. The molecule has 0 fully saturated rings. The van der Waals surface area contributed by atoms with Gasteiger partial charge >= 0.3 is 5.97 Å². The second-order valence-electron chi connectivity index (χ2n) is 6.61. The highest BCUT2D eigenvalue weighted by atomic mass is 16.5. The minimum atomic E-state index is -0.981. The van der Waals surface area contributed by atoms with Crippen LogP contribution in [0.15, 0.2) is 71.8 Å². The lowest BCUT2D eigenvalue weighted by atomic mass is 10.1. The number of carbonyl (C=O) groups is 1. The van der Waals surface area contributed by atoms with Crippen molar-refractivity contribution in [3.05, 3.63) is 89.0 Å². The molecule has 0 radical (unpaired) electrons. The lowest BCUT2D eigenvalue weighted by Crippen LogP contribution is -2.02. The fraction of sp³-hybridized carbons (Fsp3) is 0.167. The van der Waals surface area contributed by atoms with Crippen LogP contribution in [-0.2, 0) is 6.61 Å². The summed E-state index contributed by atoms with van der Waals surface area (Å²) in [6.45, 7) is 4.95. The topological polar surface area (TPSA) is 80.2 Å². The molecule has 0 aromatic heterocycles. The van der Waals surface area contributed by atoms with Crippen molar-refractivity contribution in [2.24, 2.45) is 5.10 Å². The smallest absolute Gasteiger partial charge is 0.335 e. The van der Waals surface area contributed by atoms with Crippen molar-refractivity contribution >= 4 is 17.9 Å². The van der Waals surface area contributed by atoms with E-state index >= 15 is 0 Å². The van der Waals surface area contributed by atoms with Crippen LogP contribution in [0, 0.1) is 6.92 Å². The number of benzene rings is 3. The van der Waals surface area contributed by atoms with Crippen molar-refractivity contribution in [3.8, 4) is 11.5 Å². The molecule has 0 saturated heterocycles. The summed E-state index contributed by atoms with van der Waals surface area (Å²) in [5.74, 6) is 0.326. The monoisotopic (exact) mass is 404 g/mol. The first-order valence-corrected chi connectivity index (χ1v) is 9.63. The summed E-state index contributed by atoms with van der Waals surface area (Å²) >= 11 is 0. The van der Waals surface area contributed by atoms with Gasteiger partial charge in [-0.05, 0) is 66.9 Å². The van der Waals surface area contributed by atoms with E-state index in [4.69, 9.17) is 14.6 Å². The molecule has 3 rings (SSSR count). The fourth-order valence-corrected chi connectivity index (χ4v) is 2.82. The van der Waals surface area contributed by atoms with Crippen molar-refractivity contribution in [1.29, 1.82) is 0 Å². The zero-order chi connectivity index (χ0) is 21.3. The molecular formula is C24H24N2O4. The van der Waals surface area contributed by atoms with E-state index in [1.165, 1.54) is 17.7 Å². The molecule has 30 heavy (non-hydrogen) atoms. The molecule has 0 unspecified atom stereocenters. The van der Waals surface area contributed by atoms with Gasteiger partial charge in [0.2, 0.25) is 0 Å². The Kier molecular flexibility index (Phi) is 7.05. The maximum absolute atomic E-state index is 11.0. The molecule has 3 aromatic carbocycles. The molecule has 154 valence electrons. The third kappa shape index (κ3) is 5.61. The van der Waals surface area contributed by atoms with Crippen molar-refractivity contribution in [2.45, 2.75) is 20.5 Å². The van der Waals surface area contributed by atoms with Gasteiger partial charge in [0.25, 0.3) is 0 Å².